The van der Waals surface area contributed by atoms with E-state index in [1.807, 2.05) is 12.1 Å². The number of halogens is 1. The molecule has 0 radical (unpaired) electrons. The van der Waals surface area contributed by atoms with Crippen LogP contribution in [0.5, 0.6) is 0 Å². The van der Waals surface area contributed by atoms with Crippen molar-refractivity contribution in [3.63, 3.8) is 0 Å². The summed E-state index contributed by atoms with van der Waals surface area (Å²) in [5.41, 5.74) is 1.64. The van der Waals surface area contributed by atoms with Crippen LogP contribution in [0.25, 0.3) is 0 Å². The Morgan fingerprint density at radius 2 is 1.65 bits per heavy atom. The van der Waals surface area contributed by atoms with Gasteiger partial charge in [-0.3, -0.25) is 0 Å². The summed E-state index contributed by atoms with van der Waals surface area (Å²) in [6.45, 7) is 9.31. The lowest BCUT2D eigenvalue weighted by Crippen LogP contribution is -2.58. The Kier molecular flexibility index (Phi) is 3.15. The highest BCUT2D eigenvalue weighted by Gasteiger charge is 2.41. The molecule has 0 aromatic heterocycles. The Balaban J connectivity index is 2.45. The minimum absolute atomic E-state index is 0.201. The van der Waals surface area contributed by atoms with E-state index < -0.39 is 0 Å². The molecule has 0 bridgehead atoms. The van der Waals surface area contributed by atoms with Crippen LogP contribution in [0, 0.1) is 0 Å². The maximum atomic E-state index is 6.12. The second kappa shape index (κ2) is 4.20. The van der Waals surface area contributed by atoms with E-state index in [-0.39, 0.29) is 11.1 Å². The molecule has 1 aliphatic heterocycles. The quantitative estimate of drug-likeness (QED) is 0.687. The molecule has 0 saturated carbocycles. The lowest BCUT2D eigenvalue weighted by molar-refractivity contribution is 0.244. The Morgan fingerprint density at radius 1 is 1.06 bits per heavy atom. The van der Waals surface area contributed by atoms with Gasteiger partial charge in [0.1, 0.15) is 0 Å². The molecule has 94 valence electrons. The van der Waals surface area contributed by atoms with Crippen molar-refractivity contribution in [2.24, 2.45) is 0 Å². The van der Waals surface area contributed by atoms with Crippen molar-refractivity contribution in [1.29, 1.82) is 0 Å². The van der Waals surface area contributed by atoms with E-state index in [4.69, 9.17) is 11.6 Å². The van der Waals surface area contributed by atoms with Crippen LogP contribution in [-0.4, -0.2) is 11.1 Å². The Labute approximate surface area is 110 Å². The van der Waals surface area contributed by atoms with Crippen LogP contribution >= 0.6 is 11.6 Å². The summed E-state index contributed by atoms with van der Waals surface area (Å²) in [5, 5.41) is 0.819. The number of nitrogens with zero attached hydrogens (tertiary/aromatic N) is 1. The highest BCUT2D eigenvalue weighted by Crippen LogP contribution is 2.42. The van der Waals surface area contributed by atoms with Gasteiger partial charge in [-0.05, 0) is 65.2 Å². The smallest absolute Gasteiger partial charge is 0.0426 e. The zero-order valence-corrected chi connectivity index (χ0v) is 12.0. The minimum Gasteiger partial charge on any atom is -0.361 e. The van der Waals surface area contributed by atoms with E-state index in [1.165, 1.54) is 24.9 Å². The van der Waals surface area contributed by atoms with Crippen molar-refractivity contribution < 1.29 is 0 Å². The van der Waals surface area contributed by atoms with Crippen molar-refractivity contribution in [3.05, 3.63) is 29.3 Å². The number of piperidine rings is 1. The van der Waals surface area contributed by atoms with Gasteiger partial charge in [0, 0.05) is 21.8 Å². The first-order valence-corrected chi connectivity index (χ1v) is 6.77. The summed E-state index contributed by atoms with van der Waals surface area (Å²) in [4.78, 5) is 2.54. The van der Waals surface area contributed by atoms with Gasteiger partial charge in [-0.1, -0.05) is 17.7 Å². The molecule has 1 nitrogen and oxygen atoms in total. The minimum atomic E-state index is 0.201. The summed E-state index contributed by atoms with van der Waals surface area (Å²) in [6, 6.07) is 8.23. The topological polar surface area (TPSA) is 3.24 Å². The first kappa shape index (κ1) is 12.8. The van der Waals surface area contributed by atoms with Gasteiger partial charge in [-0.2, -0.15) is 0 Å². The third-order valence-corrected chi connectivity index (χ3v) is 4.09. The second-order valence-corrected chi connectivity index (χ2v) is 6.73. The van der Waals surface area contributed by atoms with E-state index in [0.717, 1.165) is 5.02 Å². The molecule has 1 saturated heterocycles. The molecule has 1 aromatic rings. The summed E-state index contributed by atoms with van der Waals surface area (Å²) in [7, 11) is 0. The third kappa shape index (κ3) is 2.44. The predicted octanol–water partition coefficient (Wildman–Crippen LogP) is 4.89. The molecule has 0 unspecified atom stereocenters. The van der Waals surface area contributed by atoms with Crippen molar-refractivity contribution in [3.8, 4) is 0 Å². The van der Waals surface area contributed by atoms with Crippen LogP contribution in [0.3, 0.4) is 0 Å². The summed E-state index contributed by atoms with van der Waals surface area (Å²) < 4.78 is 0. The van der Waals surface area contributed by atoms with Gasteiger partial charge in [0.2, 0.25) is 0 Å². The third-order valence-electron chi connectivity index (χ3n) is 3.85. The highest BCUT2D eigenvalue weighted by atomic mass is 35.5. The SMILES string of the molecule is CC1(C)CCCC(C)(C)N1c1cccc(Cl)c1. The first-order chi connectivity index (χ1) is 7.83. The van der Waals surface area contributed by atoms with Gasteiger partial charge in [0.25, 0.3) is 0 Å². The zero-order chi connectivity index (χ0) is 12.7. The number of benzene rings is 1. The normalized spacial score (nSPS) is 22.5. The molecule has 2 heteroatoms. The van der Waals surface area contributed by atoms with Gasteiger partial charge in [0.05, 0.1) is 0 Å². The fourth-order valence-electron chi connectivity index (χ4n) is 3.31. The van der Waals surface area contributed by atoms with Crippen LogP contribution in [0.4, 0.5) is 5.69 Å². The van der Waals surface area contributed by atoms with Gasteiger partial charge in [0.15, 0.2) is 0 Å². The Bertz CT molecular complexity index is 393. The number of anilines is 1. The van der Waals surface area contributed by atoms with Gasteiger partial charge < -0.3 is 4.90 Å². The summed E-state index contributed by atoms with van der Waals surface area (Å²) in [5.74, 6) is 0. The molecule has 1 aromatic carbocycles. The maximum absolute atomic E-state index is 6.12. The molecule has 2 rings (SSSR count). The van der Waals surface area contributed by atoms with Crippen LogP contribution < -0.4 is 4.90 Å². The Morgan fingerprint density at radius 3 is 2.18 bits per heavy atom. The van der Waals surface area contributed by atoms with Crippen LogP contribution in [-0.2, 0) is 0 Å². The highest BCUT2D eigenvalue weighted by molar-refractivity contribution is 6.30. The van der Waals surface area contributed by atoms with Gasteiger partial charge in [-0.15, -0.1) is 0 Å². The van der Waals surface area contributed by atoms with E-state index >= 15 is 0 Å². The Hall–Kier alpha value is -0.690. The van der Waals surface area contributed by atoms with Gasteiger partial charge >= 0.3 is 0 Å². The molecule has 17 heavy (non-hydrogen) atoms. The molecule has 1 heterocycles. The molecule has 0 spiro atoms. The second-order valence-electron chi connectivity index (χ2n) is 6.29. The monoisotopic (exact) mass is 251 g/mol. The fourth-order valence-corrected chi connectivity index (χ4v) is 3.50. The molecule has 1 aliphatic rings. The molecule has 0 N–H and O–H groups in total. The van der Waals surface area contributed by atoms with E-state index in [1.54, 1.807) is 0 Å². The van der Waals surface area contributed by atoms with E-state index in [2.05, 4.69) is 44.7 Å². The van der Waals surface area contributed by atoms with Crippen molar-refractivity contribution in [2.75, 3.05) is 4.90 Å². The lowest BCUT2D eigenvalue weighted by atomic mass is 9.79. The zero-order valence-electron chi connectivity index (χ0n) is 11.3. The lowest BCUT2D eigenvalue weighted by Gasteiger charge is -2.54. The summed E-state index contributed by atoms with van der Waals surface area (Å²) >= 11 is 6.12. The molecular formula is C15H22ClN. The van der Waals surface area contributed by atoms with E-state index in [0.29, 0.717) is 0 Å². The molecule has 0 amide bonds. The average molecular weight is 252 g/mol. The molecular weight excluding hydrogens is 230 g/mol. The van der Waals surface area contributed by atoms with Gasteiger partial charge in [-0.25, -0.2) is 0 Å². The largest absolute Gasteiger partial charge is 0.361 e. The summed E-state index contributed by atoms with van der Waals surface area (Å²) in [6.07, 6.45) is 3.78. The predicted molar refractivity (Wildman–Crippen MR) is 75.9 cm³/mol. The standard InChI is InChI=1S/C15H22ClN/c1-14(2)9-6-10-15(3,4)17(14)13-8-5-7-12(16)11-13/h5,7-8,11H,6,9-10H2,1-4H3. The van der Waals surface area contributed by atoms with Crippen molar-refractivity contribution >= 4 is 17.3 Å². The molecule has 0 atom stereocenters. The molecule has 0 aliphatic carbocycles. The van der Waals surface area contributed by atoms with Crippen LogP contribution in [0.15, 0.2) is 24.3 Å². The number of hydrogen-bond acceptors (Lipinski definition) is 1. The average Bonchev–Trinajstić information content (AvgIpc) is 2.14. The molecule has 1 fully saturated rings. The van der Waals surface area contributed by atoms with Crippen LogP contribution in [0.1, 0.15) is 47.0 Å². The van der Waals surface area contributed by atoms with Crippen molar-refractivity contribution in [2.45, 2.75) is 58.0 Å². The van der Waals surface area contributed by atoms with Crippen molar-refractivity contribution in [1.82, 2.24) is 0 Å². The fraction of sp³-hybridized carbons (Fsp3) is 0.600. The van der Waals surface area contributed by atoms with E-state index in [9.17, 15) is 0 Å². The number of hydrogen-bond donors (Lipinski definition) is 0. The van der Waals surface area contributed by atoms with Crippen LogP contribution in [0.2, 0.25) is 5.02 Å². The number of rotatable bonds is 1. The maximum Gasteiger partial charge on any atom is 0.0426 e. The first-order valence-electron chi connectivity index (χ1n) is 6.39.